The van der Waals surface area contributed by atoms with Gasteiger partial charge in [0.25, 0.3) is 0 Å². The van der Waals surface area contributed by atoms with Crippen LogP contribution in [0.1, 0.15) is 16.7 Å². The van der Waals surface area contributed by atoms with Gasteiger partial charge in [0.05, 0.1) is 6.61 Å². The Bertz CT molecular complexity index is 645. The van der Waals surface area contributed by atoms with Crippen LogP contribution in [-0.2, 0) is 19.4 Å². The van der Waals surface area contributed by atoms with E-state index in [9.17, 15) is 4.39 Å². The topological polar surface area (TPSA) is 21.3 Å². The highest BCUT2D eigenvalue weighted by Crippen LogP contribution is 2.25. The van der Waals surface area contributed by atoms with Crippen molar-refractivity contribution in [1.29, 1.82) is 0 Å². The lowest BCUT2D eigenvalue weighted by atomic mass is 10.1. The molecule has 0 aromatic heterocycles. The zero-order valence-corrected chi connectivity index (χ0v) is 13.2. The van der Waals surface area contributed by atoms with Crippen molar-refractivity contribution < 1.29 is 9.13 Å². The molecule has 0 spiro atoms. The minimum absolute atomic E-state index is 0.166. The third-order valence-electron chi connectivity index (χ3n) is 3.67. The van der Waals surface area contributed by atoms with Crippen molar-refractivity contribution in [2.24, 2.45) is 0 Å². The van der Waals surface area contributed by atoms with Gasteiger partial charge in [-0.2, -0.15) is 0 Å². The monoisotopic (exact) mass is 349 g/mol. The number of fused-ring (bicyclic) bond motifs is 1. The van der Waals surface area contributed by atoms with Gasteiger partial charge in [-0.15, -0.1) is 0 Å². The van der Waals surface area contributed by atoms with Crippen molar-refractivity contribution in [2.45, 2.75) is 19.4 Å². The van der Waals surface area contributed by atoms with Crippen molar-refractivity contribution in [2.75, 3.05) is 13.2 Å². The van der Waals surface area contributed by atoms with Gasteiger partial charge in [0.1, 0.15) is 11.6 Å². The van der Waals surface area contributed by atoms with E-state index in [4.69, 9.17) is 4.74 Å². The van der Waals surface area contributed by atoms with Gasteiger partial charge in [-0.1, -0.05) is 28.1 Å². The molecular weight excluding hydrogens is 333 g/mol. The van der Waals surface area contributed by atoms with E-state index in [1.54, 1.807) is 6.07 Å². The fourth-order valence-corrected chi connectivity index (χ4v) is 2.94. The first-order valence-electron chi connectivity index (χ1n) is 7.11. The molecule has 0 fully saturated rings. The lowest BCUT2D eigenvalue weighted by molar-refractivity contribution is 0.357. The summed E-state index contributed by atoms with van der Waals surface area (Å²) in [6.07, 6.45) is 1.93. The lowest BCUT2D eigenvalue weighted by Crippen LogP contribution is -2.17. The molecule has 0 saturated heterocycles. The predicted octanol–water partition coefficient (Wildman–Crippen LogP) is 3.86. The third kappa shape index (κ3) is 3.63. The van der Waals surface area contributed by atoms with Crippen LogP contribution in [0.4, 0.5) is 4.39 Å². The highest BCUT2D eigenvalue weighted by Gasteiger charge is 2.11. The molecule has 2 aromatic rings. The zero-order valence-electron chi connectivity index (χ0n) is 11.7. The molecule has 1 heterocycles. The first-order chi connectivity index (χ1) is 10.2. The molecule has 0 bridgehead atoms. The Labute approximate surface area is 132 Å². The minimum Gasteiger partial charge on any atom is -0.493 e. The summed E-state index contributed by atoms with van der Waals surface area (Å²) in [5.41, 5.74) is 3.28. The summed E-state index contributed by atoms with van der Waals surface area (Å²) in [4.78, 5) is 0. The van der Waals surface area contributed by atoms with E-state index in [2.05, 4.69) is 33.4 Å². The number of hydrogen-bond acceptors (Lipinski definition) is 2. The molecule has 1 N–H and O–H groups in total. The summed E-state index contributed by atoms with van der Waals surface area (Å²) in [5.74, 6) is 0.850. The van der Waals surface area contributed by atoms with Crippen LogP contribution in [0.3, 0.4) is 0 Å². The second kappa shape index (κ2) is 6.58. The van der Waals surface area contributed by atoms with Crippen LogP contribution in [0, 0.1) is 5.82 Å². The molecule has 3 rings (SSSR count). The number of rotatable bonds is 5. The molecule has 0 amide bonds. The summed E-state index contributed by atoms with van der Waals surface area (Å²) in [5, 5.41) is 3.29. The summed E-state index contributed by atoms with van der Waals surface area (Å²) in [6.45, 7) is 2.16. The molecule has 0 atom stereocenters. The van der Waals surface area contributed by atoms with Gasteiger partial charge in [-0.05, 0) is 48.4 Å². The van der Waals surface area contributed by atoms with Crippen molar-refractivity contribution in [3.8, 4) is 5.75 Å². The lowest BCUT2D eigenvalue weighted by Gasteiger charge is -2.08. The van der Waals surface area contributed by atoms with Crippen LogP contribution >= 0.6 is 15.9 Å². The first-order valence-corrected chi connectivity index (χ1v) is 7.91. The van der Waals surface area contributed by atoms with E-state index in [0.29, 0.717) is 12.1 Å². The highest BCUT2D eigenvalue weighted by molar-refractivity contribution is 9.10. The average molecular weight is 350 g/mol. The molecule has 2 nitrogen and oxygen atoms in total. The number of halogens is 2. The Balaban J connectivity index is 1.51. The van der Waals surface area contributed by atoms with Crippen molar-refractivity contribution in [3.05, 3.63) is 63.4 Å². The molecule has 0 aliphatic carbocycles. The molecule has 0 radical (unpaired) electrons. The van der Waals surface area contributed by atoms with E-state index in [-0.39, 0.29) is 5.82 Å². The van der Waals surface area contributed by atoms with E-state index in [0.717, 1.165) is 36.2 Å². The standard InChI is InChI=1S/C17H17BrFNO/c18-15-2-3-16(19)14(10-15)11-20-7-5-12-1-4-17-13(9-12)6-8-21-17/h1-4,9-10,20H,5-8,11H2. The summed E-state index contributed by atoms with van der Waals surface area (Å²) < 4.78 is 20.0. The predicted molar refractivity (Wildman–Crippen MR) is 85.2 cm³/mol. The summed E-state index contributed by atoms with van der Waals surface area (Å²) in [6, 6.07) is 11.4. The Morgan fingerprint density at radius 3 is 3.00 bits per heavy atom. The smallest absolute Gasteiger partial charge is 0.127 e. The molecule has 110 valence electrons. The fourth-order valence-electron chi connectivity index (χ4n) is 2.53. The first kappa shape index (κ1) is 14.5. The van der Waals surface area contributed by atoms with Crippen molar-refractivity contribution in [3.63, 3.8) is 0 Å². The molecule has 2 aromatic carbocycles. The second-order valence-corrected chi connectivity index (χ2v) is 6.12. The molecular formula is C17H17BrFNO. The van der Waals surface area contributed by atoms with Gasteiger partial charge in [0.15, 0.2) is 0 Å². The van der Waals surface area contributed by atoms with Gasteiger partial charge in [-0.3, -0.25) is 0 Å². The Morgan fingerprint density at radius 2 is 2.10 bits per heavy atom. The van der Waals surface area contributed by atoms with E-state index in [1.165, 1.54) is 17.2 Å². The third-order valence-corrected chi connectivity index (χ3v) is 4.16. The van der Waals surface area contributed by atoms with Crippen LogP contribution in [0.25, 0.3) is 0 Å². The molecule has 21 heavy (non-hydrogen) atoms. The fraction of sp³-hybridized carbons (Fsp3) is 0.294. The van der Waals surface area contributed by atoms with Gasteiger partial charge in [0.2, 0.25) is 0 Å². The maximum Gasteiger partial charge on any atom is 0.127 e. The van der Waals surface area contributed by atoms with E-state index in [1.807, 2.05) is 12.1 Å². The zero-order chi connectivity index (χ0) is 14.7. The highest BCUT2D eigenvalue weighted by atomic mass is 79.9. The Morgan fingerprint density at radius 1 is 1.19 bits per heavy atom. The molecule has 1 aliphatic heterocycles. The van der Waals surface area contributed by atoms with Crippen molar-refractivity contribution in [1.82, 2.24) is 5.32 Å². The summed E-state index contributed by atoms with van der Waals surface area (Å²) >= 11 is 3.36. The van der Waals surface area contributed by atoms with Crippen LogP contribution < -0.4 is 10.1 Å². The normalized spacial score (nSPS) is 13.0. The minimum atomic E-state index is -0.166. The average Bonchev–Trinajstić information content (AvgIpc) is 2.94. The van der Waals surface area contributed by atoms with Crippen LogP contribution in [0.2, 0.25) is 0 Å². The van der Waals surface area contributed by atoms with Crippen LogP contribution in [0.15, 0.2) is 40.9 Å². The molecule has 4 heteroatoms. The van der Waals surface area contributed by atoms with Gasteiger partial charge in [0, 0.05) is 23.0 Å². The number of ether oxygens (including phenoxy) is 1. The molecule has 0 unspecified atom stereocenters. The maximum absolute atomic E-state index is 13.6. The van der Waals surface area contributed by atoms with E-state index >= 15 is 0 Å². The Hall–Kier alpha value is -1.39. The van der Waals surface area contributed by atoms with E-state index < -0.39 is 0 Å². The van der Waals surface area contributed by atoms with Gasteiger partial charge >= 0.3 is 0 Å². The number of hydrogen-bond donors (Lipinski definition) is 1. The van der Waals surface area contributed by atoms with Gasteiger partial charge < -0.3 is 10.1 Å². The van der Waals surface area contributed by atoms with Crippen LogP contribution in [0.5, 0.6) is 5.75 Å². The van der Waals surface area contributed by atoms with Gasteiger partial charge in [-0.25, -0.2) is 4.39 Å². The van der Waals surface area contributed by atoms with Crippen molar-refractivity contribution >= 4 is 15.9 Å². The molecule has 0 saturated carbocycles. The largest absolute Gasteiger partial charge is 0.493 e. The Kier molecular flexibility index (Phi) is 4.56. The number of benzene rings is 2. The summed E-state index contributed by atoms with van der Waals surface area (Å²) in [7, 11) is 0. The quantitative estimate of drug-likeness (QED) is 0.827. The maximum atomic E-state index is 13.6. The second-order valence-electron chi connectivity index (χ2n) is 5.20. The SMILES string of the molecule is Fc1ccc(Br)cc1CNCCc1ccc2c(c1)CCO2. The van der Waals surface area contributed by atoms with Crippen LogP contribution in [-0.4, -0.2) is 13.2 Å². The number of nitrogens with one attached hydrogen (secondary N) is 1. The molecule has 1 aliphatic rings.